The third kappa shape index (κ3) is 2.21. The van der Waals surface area contributed by atoms with Crippen molar-refractivity contribution in [1.82, 2.24) is 19.9 Å². The van der Waals surface area contributed by atoms with Crippen molar-refractivity contribution >= 4 is 5.95 Å². The summed E-state index contributed by atoms with van der Waals surface area (Å²) in [6.07, 6.45) is 7.02. The van der Waals surface area contributed by atoms with E-state index in [0.29, 0.717) is 0 Å². The van der Waals surface area contributed by atoms with Crippen molar-refractivity contribution in [2.45, 2.75) is 6.92 Å². The van der Waals surface area contributed by atoms with Gasteiger partial charge >= 0.3 is 0 Å². The molecular weight excluding hydrogens is 250 g/mol. The van der Waals surface area contributed by atoms with E-state index >= 15 is 0 Å². The molecular formula is C15H13N5. The van der Waals surface area contributed by atoms with Gasteiger partial charge in [0, 0.05) is 41.5 Å². The Morgan fingerprint density at radius 2 is 1.55 bits per heavy atom. The number of hydrogen-bond donors (Lipinski definition) is 1. The third-order valence-corrected chi connectivity index (χ3v) is 2.99. The predicted octanol–water partition coefficient (Wildman–Crippen LogP) is 2.49. The van der Waals surface area contributed by atoms with Crippen molar-refractivity contribution in [3.8, 4) is 22.4 Å². The van der Waals surface area contributed by atoms with Gasteiger partial charge in [-0.1, -0.05) is 6.07 Å². The highest BCUT2D eigenvalue weighted by molar-refractivity contribution is 5.82. The van der Waals surface area contributed by atoms with Crippen LogP contribution in [0.2, 0.25) is 0 Å². The van der Waals surface area contributed by atoms with Crippen LogP contribution in [0.5, 0.6) is 0 Å². The number of pyridine rings is 2. The van der Waals surface area contributed by atoms with Gasteiger partial charge in [0.15, 0.2) is 0 Å². The van der Waals surface area contributed by atoms with Crippen LogP contribution in [0.3, 0.4) is 0 Å². The Morgan fingerprint density at radius 1 is 0.900 bits per heavy atom. The number of nitrogen functional groups attached to an aromatic ring is 1. The van der Waals surface area contributed by atoms with Crippen LogP contribution in [0, 0.1) is 6.92 Å². The molecule has 3 aromatic rings. The molecule has 5 heteroatoms. The van der Waals surface area contributed by atoms with Crippen molar-refractivity contribution < 1.29 is 0 Å². The quantitative estimate of drug-likeness (QED) is 0.768. The number of aryl methyl sites for hydroxylation is 1. The van der Waals surface area contributed by atoms with Crippen LogP contribution in [0.15, 0.2) is 49.1 Å². The van der Waals surface area contributed by atoms with Crippen LogP contribution >= 0.6 is 0 Å². The molecule has 0 bridgehead atoms. The molecule has 0 radical (unpaired) electrons. The smallest absolute Gasteiger partial charge is 0.220 e. The number of anilines is 1. The highest BCUT2D eigenvalue weighted by Crippen LogP contribution is 2.32. The van der Waals surface area contributed by atoms with Gasteiger partial charge in [-0.2, -0.15) is 0 Å². The molecule has 3 rings (SSSR count). The number of rotatable bonds is 2. The fraction of sp³-hybridized carbons (Fsp3) is 0.0667. The molecule has 5 nitrogen and oxygen atoms in total. The van der Waals surface area contributed by atoms with E-state index in [1.165, 1.54) is 0 Å². The number of nitrogens with two attached hydrogens (primary N) is 1. The van der Waals surface area contributed by atoms with Gasteiger partial charge in [0.25, 0.3) is 0 Å². The second-order valence-corrected chi connectivity index (χ2v) is 4.37. The summed E-state index contributed by atoms with van der Waals surface area (Å²) in [6, 6.07) is 7.69. The van der Waals surface area contributed by atoms with Crippen molar-refractivity contribution in [3.63, 3.8) is 0 Å². The zero-order valence-electron chi connectivity index (χ0n) is 11.0. The third-order valence-electron chi connectivity index (χ3n) is 2.99. The Morgan fingerprint density at radius 3 is 2.15 bits per heavy atom. The first-order chi connectivity index (χ1) is 9.75. The van der Waals surface area contributed by atoms with Crippen LogP contribution in [-0.4, -0.2) is 19.9 Å². The highest BCUT2D eigenvalue weighted by atomic mass is 15.0. The summed E-state index contributed by atoms with van der Waals surface area (Å²) < 4.78 is 0. The molecule has 0 fully saturated rings. The van der Waals surface area contributed by atoms with Crippen LogP contribution in [0.25, 0.3) is 22.4 Å². The van der Waals surface area contributed by atoms with Gasteiger partial charge in [0.1, 0.15) is 0 Å². The number of hydrogen-bond acceptors (Lipinski definition) is 5. The summed E-state index contributed by atoms with van der Waals surface area (Å²) in [4.78, 5) is 16.9. The summed E-state index contributed by atoms with van der Waals surface area (Å²) in [5.74, 6) is 0.258. The molecule has 0 spiro atoms. The average molecular weight is 263 g/mol. The maximum absolute atomic E-state index is 5.79. The fourth-order valence-electron chi connectivity index (χ4n) is 2.16. The van der Waals surface area contributed by atoms with Gasteiger partial charge in [-0.05, 0) is 25.1 Å². The Balaban J connectivity index is 2.29. The van der Waals surface area contributed by atoms with Crippen molar-refractivity contribution in [2.75, 3.05) is 5.73 Å². The lowest BCUT2D eigenvalue weighted by Crippen LogP contribution is -2.02. The normalized spacial score (nSPS) is 10.4. The molecule has 3 aromatic heterocycles. The zero-order chi connectivity index (χ0) is 13.9. The van der Waals surface area contributed by atoms with E-state index in [2.05, 4.69) is 19.9 Å². The van der Waals surface area contributed by atoms with E-state index in [4.69, 9.17) is 5.73 Å². The molecule has 20 heavy (non-hydrogen) atoms. The first-order valence-electron chi connectivity index (χ1n) is 6.20. The van der Waals surface area contributed by atoms with Gasteiger partial charge in [-0.25, -0.2) is 9.97 Å². The van der Waals surface area contributed by atoms with E-state index < -0.39 is 0 Å². The number of nitrogens with zero attached hydrogens (tertiary/aromatic N) is 4. The summed E-state index contributed by atoms with van der Waals surface area (Å²) in [5.41, 5.74) is 10.2. The van der Waals surface area contributed by atoms with Gasteiger partial charge in [-0.3, -0.25) is 9.97 Å². The first-order valence-corrected chi connectivity index (χ1v) is 6.20. The van der Waals surface area contributed by atoms with E-state index in [-0.39, 0.29) is 5.95 Å². The lowest BCUT2D eigenvalue weighted by atomic mass is 10.0. The molecule has 0 amide bonds. The Hall–Kier alpha value is -2.82. The molecule has 0 unspecified atom stereocenters. The summed E-state index contributed by atoms with van der Waals surface area (Å²) in [6.45, 7) is 1.92. The van der Waals surface area contributed by atoms with E-state index in [0.717, 1.165) is 28.1 Å². The van der Waals surface area contributed by atoms with Crippen molar-refractivity contribution in [2.24, 2.45) is 0 Å². The van der Waals surface area contributed by atoms with Gasteiger partial charge in [-0.15, -0.1) is 0 Å². The van der Waals surface area contributed by atoms with Crippen LogP contribution < -0.4 is 5.73 Å². The van der Waals surface area contributed by atoms with Crippen LogP contribution in [0.1, 0.15) is 5.69 Å². The van der Waals surface area contributed by atoms with E-state index in [1.807, 2.05) is 31.2 Å². The molecule has 0 aliphatic rings. The minimum absolute atomic E-state index is 0.258. The van der Waals surface area contributed by atoms with Gasteiger partial charge in [0.05, 0.1) is 11.4 Å². The van der Waals surface area contributed by atoms with Gasteiger partial charge in [0.2, 0.25) is 5.95 Å². The molecule has 0 aromatic carbocycles. The van der Waals surface area contributed by atoms with Gasteiger partial charge < -0.3 is 5.73 Å². The summed E-state index contributed by atoms with van der Waals surface area (Å²) in [7, 11) is 0. The molecule has 0 aliphatic heterocycles. The van der Waals surface area contributed by atoms with E-state index in [1.54, 1.807) is 24.8 Å². The van der Waals surface area contributed by atoms with Crippen molar-refractivity contribution in [1.29, 1.82) is 0 Å². The highest BCUT2D eigenvalue weighted by Gasteiger charge is 2.14. The lowest BCUT2D eigenvalue weighted by molar-refractivity contribution is 1.12. The maximum atomic E-state index is 5.79. The lowest BCUT2D eigenvalue weighted by Gasteiger charge is -2.12. The SMILES string of the molecule is Cc1nc(N)nc(-c2cccnc2)c1-c1cccnc1. The zero-order valence-corrected chi connectivity index (χ0v) is 11.0. The molecule has 0 saturated heterocycles. The molecule has 2 N–H and O–H groups in total. The molecule has 0 atom stereocenters. The summed E-state index contributed by atoms with van der Waals surface area (Å²) in [5, 5.41) is 0. The van der Waals surface area contributed by atoms with Crippen LogP contribution in [-0.2, 0) is 0 Å². The maximum Gasteiger partial charge on any atom is 0.220 e. The average Bonchev–Trinajstić information content (AvgIpc) is 2.48. The minimum Gasteiger partial charge on any atom is -0.368 e. The fourth-order valence-corrected chi connectivity index (χ4v) is 2.16. The second kappa shape index (κ2) is 5.05. The standard InChI is InChI=1S/C15H13N5/c1-10-13(11-4-2-6-17-8-11)14(20-15(16)19-10)12-5-3-7-18-9-12/h2-9H,1H3,(H2,16,19,20). The van der Waals surface area contributed by atoms with E-state index in [9.17, 15) is 0 Å². The van der Waals surface area contributed by atoms with Crippen molar-refractivity contribution in [3.05, 3.63) is 54.7 Å². The Labute approximate surface area is 116 Å². The molecule has 0 saturated carbocycles. The molecule has 3 heterocycles. The molecule has 98 valence electrons. The largest absolute Gasteiger partial charge is 0.368 e. The predicted molar refractivity (Wildman–Crippen MR) is 77.6 cm³/mol. The number of aromatic nitrogens is 4. The summed E-state index contributed by atoms with van der Waals surface area (Å²) >= 11 is 0. The topological polar surface area (TPSA) is 77.6 Å². The Bertz CT molecular complexity index is 726. The second-order valence-electron chi connectivity index (χ2n) is 4.37. The Kier molecular flexibility index (Phi) is 3.09. The minimum atomic E-state index is 0.258. The van der Waals surface area contributed by atoms with Crippen LogP contribution in [0.4, 0.5) is 5.95 Å². The molecule has 0 aliphatic carbocycles. The monoisotopic (exact) mass is 263 g/mol. The first kappa shape index (κ1) is 12.2.